The molecule has 184 valence electrons. The summed E-state index contributed by atoms with van der Waals surface area (Å²) in [4.78, 5) is 11.3. The fourth-order valence-electron chi connectivity index (χ4n) is 3.55. The summed E-state index contributed by atoms with van der Waals surface area (Å²) < 4.78 is 23.4. The Hall–Kier alpha value is -1.37. The topological polar surface area (TPSA) is 54.0 Å². The minimum atomic E-state index is -1.76. The number of benzene rings is 1. The first-order chi connectivity index (χ1) is 14.8. The van der Waals surface area contributed by atoms with E-state index < -0.39 is 8.32 Å². The number of carbonyl (C=O) groups is 1. The van der Waals surface area contributed by atoms with Crippen LogP contribution in [0.4, 0.5) is 0 Å². The Morgan fingerprint density at radius 3 is 2.09 bits per heavy atom. The van der Waals surface area contributed by atoms with Gasteiger partial charge in [-0.15, -0.1) is 0 Å². The number of ether oxygens (including phenoxy) is 3. The fourth-order valence-corrected chi connectivity index (χ4v) is 4.69. The van der Waals surface area contributed by atoms with E-state index in [4.69, 9.17) is 18.6 Å². The van der Waals surface area contributed by atoms with Crippen molar-refractivity contribution in [3.63, 3.8) is 0 Å². The summed E-state index contributed by atoms with van der Waals surface area (Å²) in [6.45, 7) is 21.1. The van der Waals surface area contributed by atoms with Crippen LogP contribution in [0, 0.1) is 17.8 Å². The van der Waals surface area contributed by atoms with Crippen LogP contribution in [0.15, 0.2) is 24.3 Å². The van der Waals surface area contributed by atoms with E-state index in [-0.39, 0.29) is 23.0 Å². The predicted molar refractivity (Wildman–Crippen MR) is 133 cm³/mol. The SMILES string of the molecule is COc1ccc(CO[C@H]([C@@H](C)COC(C)=O)[C@@H](C)C[C@@H](C)CO[Si](C)(C)C(C)(C)C)cc1. The maximum atomic E-state index is 11.3. The summed E-state index contributed by atoms with van der Waals surface area (Å²) in [5.41, 5.74) is 1.09. The average Bonchev–Trinajstić information content (AvgIpc) is 2.70. The molecule has 0 unspecified atom stereocenters. The molecule has 0 aromatic heterocycles. The number of hydrogen-bond acceptors (Lipinski definition) is 5. The third-order valence-electron chi connectivity index (χ3n) is 6.58. The van der Waals surface area contributed by atoms with Gasteiger partial charge >= 0.3 is 5.97 Å². The van der Waals surface area contributed by atoms with Crippen LogP contribution in [-0.2, 0) is 25.3 Å². The molecule has 0 heterocycles. The van der Waals surface area contributed by atoms with Gasteiger partial charge in [0.1, 0.15) is 5.75 Å². The van der Waals surface area contributed by atoms with Gasteiger partial charge in [0.05, 0.1) is 26.4 Å². The first-order valence-electron chi connectivity index (χ1n) is 11.8. The number of hydrogen-bond donors (Lipinski definition) is 0. The summed E-state index contributed by atoms with van der Waals surface area (Å²) in [6, 6.07) is 7.93. The van der Waals surface area contributed by atoms with Gasteiger partial charge in [-0.3, -0.25) is 4.79 Å². The molecule has 0 spiro atoms. The molecule has 0 amide bonds. The largest absolute Gasteiger partial charge is 0.497 e. The Morgan fingerprint density at radius 1 is 1.00 bits per heavy atom. The highest BCUT2D eigenvalue weighted by molar-refractivity contribution is 6.74. The van der Waals surface area contributed by atoms with Crippen LogP contribution < -0.4 is 4.74 Å². The smallest absolute Gasteiger partial charge is 0.302 e. The molecule has 0 aliphatic rings. The molecule has 6 heteroatoms. The second-order valence-corrected chi connectivity index (χ2v) is 15.6. The van der Waals surface area contributed by atoms with Gasteiger partial charge in [0.2, 0.25) is 0 Å². The molecular formula is C26H46O5Si. The first kappa shape index (κ1) is 28.7. The quantitative estimate of drug-likeness (QED) is 0.246. The van der Waals surface area contributed by atoms with Crippen LogP contribution in [0.2, 0.25) is 18.1 Å². The third kappa shape index (κ3) is 9.63. The highest BCUT2D eigenvalue weighted by atomic mass is 28.4. The monoisotopic (exact) mass is 466 g/mol. The fraction of sp³-hybridized carbons (Fsp3) is 0.731. The molecule has 32 heavy (non-hydrogen) atoms. The lowest BCUT2D eigenvalue weighted by Crippen LogP contribution is -2.42. The van der Waals surface area contributed by atoms with E-state index in [1.165, 1.54) is 6.92 Å². The molecule has 5 nitrogen and oxygen atoms in total. The first-order valence-corrected chi connectivity index (χ1v) is 14.7. The van der Waals surface area contributed by atoms with Crippen molar-refractivity contribution in [1.82, 2.24) is 0 Å². The third-order valence-corrected chi connectivity index (χ3v) is 11.1. The molecule has 0 aliphatic carbocycles. The van der Waals surface area contributed by atoms with Crippen molar-refractivity contribution in [2.75, 3.05) is 20.3 Å². The Balaban J connectivity index is 2.77. The number of carbonyl (C=O) groups excluding carboxylic acids is 1. The van der Waals surface area contributed by atoms with Gasteiger partial charge in [0.15, 0.2) is 8.32 Å². The Kier molecular flexibility index (Phi) is 11.4. The lowest BCUT2D eigenvalue weighted by atomic mass is 9.87. The lowest BCUT2D eigenvalue weighted by molar-refractivity contribution is -0.145. The van der Waals surface area contributed by atoms with Crippen LogP contribution in [0.1, 0.15) is 60.5 Å². The maximum Gasteiger partial charge on any atom is 0.302 e. The second kappa shape index (κ2) is 12.8. The molecule has 0 fully saturated rings. The highest BCUT2D eigenvalue weighted by Gasteiger charge is 2.37. The molecule has 0 aliphatic heterocycles. The molecule has 0 saturated heterocycles. The van der Waals surface area contributed by atoms with E-state index in [0.717, 1.165) is 24.3 Å². The summed E-state index contributed by atoms with van der Waals surface area (Å²) in [5, 5.41) is 0.209. The van der Waals surface area contributed by atoms with Gasteiger partial charge in [-0.25, -0.2) is 0 Å². The van der Waals surface area contributed by atoms with Crippen molar-refractivity contribution in [3.8, 4) is 5.75 Å². The van der Waals surface area contributed by atoms with Crippen molar-refractivity contribution < 1.29 is 23.4 Å². The Bertz CT molecular complexity index is 680. The van der Waals surface area contributed by atoms with Crippen molar-refractivity contribution >= 4 is 14.3 Å². The molecule has 0 radical (unpaired) electrons. The van der Waals surface area contributed by atoms with Crippen LogP contribution in [0.3, 0.4) is 0 Å². The van der Waals surface area contributed by atoms with Gasteiger partial charge in [0.25, 0.3) is 0 Å². The zero-order valence-corrected chi connectivity index (χ0v) is 23.0. The molecule has 1 rings (SSSR count). The molecule has 1 aromatic rings. The maximum absolute atomic E-state index is 11.3. The van der Waals surface area contributed by atoms with E-state index in [1.807, 2.05) is 24.3 Å². The van der Waals surface area contributed by atoms with E-state index in [1.54, 1.807) is 7.11 Å². The zero-order chi connectivity index (χ0) is 24.5. The molecule has 4 atom stereocenters. The van der Waals surface area contributed by atoms with Crippen LogP contribution in [-0.4, -0.2) is 40.7 Å². The van der Waals surface area contributed by atoms with Crippen LogP contribution in [0.25, 0.3) is 0 Å². The number of esters is 1. The average molecular weight is 467 g/mol. The Morgan fingerprint density at radius 2 is 1.59 bits per heavy atom. The van der Waals surface area contributed by atoms with E-state index in [9.17, 15) is 4.79 Å². The van der Waals surface area contributed by atoms with Crippen molar-refractivity contribution in [2.45, 2.75) is 85.7 Å². The van der Waals surface area contributed by atoms with Crippen LogP contribution >= 0.6 is 0 Å². The second-order valence-electron chi connectivity index (χ2n) is 10.8. The lowest BCUT2D eigenvalue weighted by Gasteiger charge is -2.37. The van der Waals surface area contributed by atoms with Crippen molar-refractivity contribution in [2.24, 2.45) is 17.8 Å². The normalized spacial score (nSPS) is 16.2. The number of methoxy groups -OCH3 is 1. The van der Waals surface area contributed by atoms with E-state index in [2.05, 4.69) is 54.6 Å². The number of rotatable bonds is 13. The van der Waals surface area contributed by atoms with Gasteiger partial charge in [-0.1, -0.05) is 53.7 Å². The van der Waals surface area contributed by atoms with Gasteiger partial charge < -0.3 is 18.6 Å². The highest BCUT2D eigenvalue weighted by Crippen LogP contribution is 2.37. The van der Waals surface area contributed by atoms with Gasteiger partial charge in [-0.05, 0) is 54.1 Å². The summed E-state index contributed by atoms with van der Waals surface area (Å²) >= 11 is 0. The standard InChI is InChI=1S/C26H46O5Si/c1-19(16-31-32(9,10)26(5,6)7)15-20(2)25(21(3)17-29-22(4)27)30-18-23-11-13-24(28-8)14-12-23/h11-14,19-21,25H,15-18H2,1-10H3/t19-,20+,21+,25+/m1/s1. The predicted octanol–water partition coefficient (Wildman–Crippen LogP) is 6.46. The minimum Gasteiger partial charge on any atom is -0.497 e. The molecular weight excluding hydrogens is 420 g/mol. The van der Waals surface area contributed by atoms with E-state index in [0.29, 0.717) is 25.0 Å². The molecule has 1 aromatic carbocycles. The minimum absolute atomic E-state index is 0.0215. The zero-order valence-electron chi connectivity index (χ0n) is 22.0. The van der Waals surface area contributed by atoms with Gasteiger partial charge in [-0.2, -0.15) is 0 Å². The van der Waals surface area contributed by atoms with Crippen LogP contribution in [0.5, 0.6) is 5.75 Å². The Labute approximate surface area is 197 Å². The molecule has 0 N–H and O–H groups in total. The van der Waals surface area contributed by atoms with Crippen molar-refractivity contribution in [1.29, 1.82) is 0 Å². The summed E-state index contributed by atoms with van der Waals surface area (Å²) in [6.07, 6.45) is 0.971. The summed E-state index contributed by atoms with van der Waals surface area (Å²) in [7, 11) is -0.0966. The van der Waals surface area contributed by atoms with Gasteiger partial charge in [0, 0.05) is 19.4 Å². The summed E-state index contributed by atoms with van der Waals surface area (Å²) in [5.74, 6) is 1.40. The molecule has 0 saturated carbocycles. The van der Waals surface area contributed by atoms with Crippen molar-refractivity contribution in [3.05, 3.63) is 29.8 Å². The van der Waals surface area contributed by atoms with E-state index >= 15 is 0 Å². The molecule has 0 bridgehead atoms.